The molecule has 19 heteroatoms. The average Bonchev–Trinajstić information content (AvgIpc) is 1.27. The summed E-state index contributed by atoms with van der Waals surface area (Å²) in [4.78, 5) is 50.2. The van der Waals surface area contributed by atoms with Crippen molar-refractivity contribution in [2.75, 3.05) is 0 Å². The summed E-state index contributed by atoms with van der Waals surface area (Å²) in [6.07, 6.45) is -1.27. The van der Waals surface area contributed by atoms with Crippen LogP contribution < -0.4 is 11.1 Å². The van der Waals surface area contributed by atoms with Crippen molar-refractivity contribution in [3.63, 3.8) is 0 Å². The average molecular weight is 1250 g/mol. The van der Waals surface area contributed by atoms with E-state index in [1.54, 1.807) is 10.7 Å². The van der Waals surface area contributed by atoms with Gasteiger partial charge in [0.25, 0.3) is 5.91 Å². The molecule has 4 N–H and O–H groups in total. The molecule has 4 aliphatic rings. The molecule has 13 nitrogen and oxygen atoms in total. The van der Waals surface area contributed by atoms with Crippen molar-refractivity contribution in [1.82, 2.24) is 24.9 Å². The molecule has 1 amide bonds. The summed E-state index contributed by atoms with van der Waals surface area (Å²) in [7, 11) is 0. The third kappa shape index (κ3) is 15.4. The molecule has 2 aromatic heterocycles. The topological polar surface area (TPSA) is 181 Å². The molecule has 2 spiro atoms. The van der Waals surface area contributed by atoms with E-state index in [1.807, 2.05) is 123 Å². The van der Waals surface area contributed by atoms with Gasteiger partial charge in [-0.3, -0.25) is 23.7 Å². The number of alkyl halides is 6. The zero-order valence-corrected chi connectivity index (χ0v) is 52.0. The molecule has 8 aromatic rings. The first-order chi connectivity index (χ1) is 43.1. The van der Waals surface area contributed by atoms with E-state index < -0.39 is 29.4 Å². The molecule has 2 heterocycles. The number of rotatable bonds is 17. The number of benzene rings is 6. The van der Waals surface area contributed by atoms with Gasteiger partial charge in [-0.2, -0.15) is 36.5 Å². The first kappa shape index (κ1) is 65.6. The summed E-state index contributed by atoms with van der Waals surface area (Å²) < 4.78 is 92.3. The van der Waals surface area contributed by atoms with E-state index in [0.29, 0.717) is 65.5 Å². The number of hydrogen-bond donors (Lipinski definition) is 3. The number of esters is 2. The van der Waals surface area contributed by atoms with E-state index in [0.717, 1.165) is 114 Å². The lowest BCUT2D eigenvalue weighted by molar-refractivity contribution is -0.168. The molecule has 2 atom stereocenters. The number of carboxylic acids is 1. The van der Waals surface area contributed by atoms with Gasteiger partial charge in [0.15, 0.2) is 11.4 Å². The fourth-order valence-corrected chi connectivity index (χ4v) is 13.7. The Kier molecular flexibility index (Phi) is 19.4. The molecule has 6 aromatic carbocycles. The molecule has 0 bridgehead atoms. The third-order valence-corrected chi connectivity index (χ3v) is 18.2. The fourth-order valence-electron chi connectivity index (χ4n) is 13.7. The Bertz CT molecular complexity index is 3850. The van der Waals surface area contributed by atoms with Crippen molar-refractivity contribution >= 4 is 45.6 Å². The van der Waals surface area contributed by atoms with Crippen LogP contribution in [0.3, 0.4) is 0 Å². The Labute approximate surface area is 525 Å². The second kappa shape index (κ2) is 26.9. The van der Waals surface area contributed by atoms with E-state index >= 15 is 0 Å². The van der Waals surface area contributed by atoms with Crippen LogP contribution in [0.1, 0.15) is 171 Å². The highest BCUT2D eigenvalue weighted by molar-refractivity contribution is 6.06. The quantitative estimate of drug-likeness (QED) is 0.0586. The van der Waals surface area contributed by atoms with Crippen molar-refractivity contribution in [1.29, 1.82) is 0 Å². The molecule has 480 valence electrons. The van der Waals surface area contributed by atoms with Crippen LogP contribution in [-0.4, -0.2) is 60.6 Å². The smallest absolute Gasteiger partial charge is 0.416 e. The van der Waals surface area contributed by atoms with E-state index in [2.05, 4.69) is 24.3 Å². The predicted octanol–water partition coefficient (Wildman–Crippen LogP) is 15.7. The number of carbonyl (C=O) groups is 4. The van der Waals surface area contributed by atoms with Crippen molar-refractivity contribution in [3.05, 3.63) is 201 Å². The predicted molar refractivity (Wildman–Crippen MR) is 335 cm³/mol. The number of aromatic carboxylic acids is 1. The van der Waals surface area contributed by atoms with Gasteiger partial charge in [0.05, 0.1) is 34.0 Å². The van der Waals surface area contributed by atoms with Crippen LogP contribution >= 0.6 is 0 Å². The third-order valence-electron chi connectivity index (χ3n) is 18.2. The number of nitrogens with one attached hydrogen (secondary N) is 1. The largest absolute Gasteiger partial charge is 0.476 e. The molecule has 4 fully saturated rings. The number of ether oxygens (including phenoxy) is 2. The first-order valence-electron chi connectivity index (χ1n) is 31.2. The zero-order chi connectivity index (χ0) is 65.2. The molecule has 0 radical (unpaired) electrons. The molecule has 0 saturated heterocycles. The minimum atomic E-state index is -4.40. The van der Waals surface area contributed by atoms with E-state index in [-0.39, 0.29) is 65.0 Å². The number of nitrogens with zero attached hydrogens (tertiary/aromatic N) is 4. The minimum absolute atomic E-state index is 0.00918. The van der Waals surface area contributed by atoms with Crippen LogP contribution in [0.15, 0.2) is 146 Å². The Morgan fingerprint density at radius 1 is 0.538 bits per heavy atom. The highest BCUT2D eigenvalue weighted by Gasteiger charge is 2.56. The fraction of sp³-hybridized carbons (Fsp3) is 0.417. The summed E-state index contributed by atoms with van der Waals surface area (Å²) in [5.74, 6) is -1.02. The van der Waals surface area contributed by atoms with E-state index in [4.69, 9.17) is 20.3 Å². The molecule has 4 aliphatic carbocycles. The highest BCUT2D eigenvalue weighted by Crippen LogP contribution is 2.60. The molecule has 4 saturated carbocycles. The van der Waals surface area contributed by atoms with Gasteiger partial charge in [0, 0.05) is 35.9 Å². The molecular weight excluding hydrogens is 1170 g/mol. The second-order valence-corrected chi connectivity index (χ2v) is 26.5. The maximum absolute atomic E-state index is 13.7. The van der Waals surface area contributed by atoms with Gasteiger partial charge < -0.3 is 25.6 Å². The van der Waals surface area contributed by atoms with E-state index in [1.165, 1.54) is 24.3 Å². The van der Waals surface area contributed by atoms with Crippen LogP contribution in [0.4, 0.5) is 26.3 Å². The van der Waals surface area contributed by atoms with Crippen molar-refractivity contribution < 1.29 is 60.1 Å². The Hall–Kier alpha value is -8.32. The standard InChI is InChI=1S/C36H38F3N3O3.C20H19F3N2O2.C16H21NO2/c1-22(2)21-42-30-11-7-10-26(16-24-12-14-28(15-13-24)36(37,38)39)31(30)32(41-42)33(43)40-29-19-35(20-29)17-27(18-35)34(44)45-23(3)25-8-5-4-6-9-25;1-12(2)11-25-16-5-3-4-14(17(16)18(24-25)19(26)27)10-13-6-8-15(9-7-13)20(21,22)23;1-11(12-5-3-2-4-6-12)19-15(18)13-7-16(8-13)9-14(17)10-16/h4-15,22-23,27,29H,16-21H2,1-3H3,(H,40,43);3-9,12H,10-11H2,1-2H3,(H,26,27);2-6,11,13-14H,7-10,17H2,1H3/t23-,27?,29?,35?;;11-,13?,14?,16?/m0.0/s1. The number of carboxylic acid groups (broad SMARTS) is 1. The number of amides is 1. The molecule has 0 aliphatic heterocycles. The Morgan fingerprint density at radius 2 is 0.923 bits per heavy atom. The summed E-state index contributed by atoms with van der Waals surface area (Å²) in [5.41, 5.74) is 11.7. The van der Waals surface area contributed by atoms with Gasteiger partial charge in [-0.25, -0.2) is 4.79 Å². The number of fused-ring (bicyclic) bond motifs is 2. The zero-order valence-electron chi connectivity index (χ0n) is 52.0. The Balaban J connectivity index is 0.000000167. The van der Waals surface area contributed by atoms with Gasteiger partial charge >= 0.3 is 30.3 Å². The summed E-state index contributed by atoms with van der Waals surface area (Å²) in [6.45, 7) is 13.2. The lowest BCUT2D eigenvalue weighted by Crippen LogP contribution is -2.57. The first-order valence-corrected chi connectivity index (χ1v) is 31.2. The lowest BCUT2D eigenvalue weighted by atomic mass is 9.50. The van der Waals surface area contributed by atoms with Gasteiger partial charge in [0.1, 0.15) is 12.2 Å². The normalized spacial score (nSPS) is 21.5. The number of carbonyl (C=O) groups excluding carboxylic acids is 3. The minimum Gasteiger partial charge on any atom is -0.476 e. The summed E-state index contributed by atoms with van der Waals surface area (Å²) >= 11 is 0. The highest BCUT2D eigenvalue weighted by atomic mass is 19.4. The monoisotopic (exact) mass is 1250 g/mol. The summed E-state index contributed by atoms with van der Waals surface area (Å²) in [5, 5.41) is 23.0. The number of hydrogen-bond acceptors (Lipinski definition) is 9. The molecule has 91 heavy (non-hydrogen) atoms. The maximum Gasteiger partial charge on any atom is 0.416 e. The van der Waals surface area contributed by atoms with Gasteiger partial charge in [-0.05, 0) is 171 Å². The van der Waals surface area contributed by atoms with Gasteiger partial charge in [0.2, 0.25) is 0 Å². The molecular formula is C72H78F6N6O7. The molecule has 12 rings (SSSR count). The van der Waals surface area contributed by atoms with Crippen LogP contribution in [0.5, 0.6) is 0 Å². The van der Waals surface area contributed by atoms with Crippen LogP contribution in [0.25, 0.3) is 21.8 Å². The van der Waals surface area contributed by atoms with Crippen molar-refractivity contribution in [2.45, 2.75) is 155 Å². The molecule has 0 unspecified atom stereocenters. The van der Waals surface area contributed by atoms with Gasteiger partial charge in [-0.15, -0.1) is 0 Å². The van der Waals surface area contributed by atoms with Crippen LogP contribution in [0, 0.1) is 34.5 Å². The SMILES string of the molecule is CC(C)Cn1nc(C(=O)NC2CC3(C2)CC(C(=O)O[C@@H](C)c2ccccc2)C3)c2c(Cc3ccc(C(F)(F)F)cc3)cccc21.CC(C)Cn1nc(C(=O)O)c2c(Cc3ccc(C(F)(F)F)cc3)cccc21.C[C@H](OC(=O)C1CC2(CC(N)C2)C1)c1ccccc1. The van der Waals surface area contributed by atoms with Crippen LogP contribution in [-0.2, 0) is 57.3 Å². The van der Waals surface area contributed by atoms with Crippen molar-refractivity contribution in [2.24, 2.45) is 40.2 Å². The maximum atomic E-state index is 13.7. The van der Waals surface area contributed by atoms with Crippen LogP contribution in [0.2, 0.25) is 0 Å². The number of aromatic nitrogens is 4. The lowest BCUT2D eigenvalue weighted by Gasteiger charge is -2.57. The number of nitrogens with two attached hydrogens (primary N) is 1. The summed E-state index contributed by atoms with van der Waals surface area (Å²) in [6, 6.07) is 41.1. The Morgan fingerprint density at radius 3 is 1.30 bits per heavy atom. The van der Waals surface area contributed by atoms with Crippen molar-refractivity contribution in [3.8, 4) is 0 Å². The second-order valence-electron chi connectivity index (χ2n) is 26.5. The number of halogens is 6. The van der Waals surface area contributed by atoms with E-state index in [9.17, 15) is 50.6 Å². The van der Waals surface area contributed by atoms with Gasteiger partial charge in [-0.1, -0.05) is 137 Å².